The first-order valence-electron chi connectivity index (χ1n) is 5.99. The molecule has 2 aromatic rings. The molecule has 0 aromatic carbocycles. The second-order valence-electron chi connectivity index (χ2n) is 4.55. The fourth-order valence-electron chi connectivity index (χ4n) is 2.32. The summed E-state index contributed by atoms with van der Waals surface area (Å²) >= 11 is 0. The van der Waals surface area contributed by atoms with Crippen molar-refractivity contribution in [3.63, 3.8) is 0 Å². The number of aromatic amines is 1. The first-order valence-corrected chi connectivity index (χ1v) is 5.99. The van der Waals surface area contributed by atoms with Crippen molar-refractivity contribution in [2.75, 3.05) is 0 Å². The van der Waals surface area contributed by atoms with Gasteiger partial charge in [-0.25, -0.2) is 0 Å². The molecule has 0 spiro atoms. The zero-order valence-electron chi connectivity index (χ0n) is 10.0. The summed E-state index contributed by atoms with van der Waals surface area (Å²) in [6.07, 6.45) is 4.22. The summed E-state index contributed by atoms with van der Waals surface area (Å²) in [5.74, 6) is -0.115. The normalized spacial score (nSPS) is 18.0. The van der Waals surface area contributed by atoms with E-state index in [9.17, 15) is 9.59 Å². The average molecular weight is 260 g/mol. The Morgan fingerprint density at radius 1 is 1.47 bits per heavy atom. The quantitative estimate of drug-likeness (QED) is 0.807. The van der Waals surface area contributed by atoms with Crippen molar-refractivity contribution in [2.24, 2.45) is 5.92 Å². The molecule has 7 heteroatoms. The molecular weight excluding hydrogens is 248 g/mol. The molecule has 0 bridgehead atoms. The maximum atomic E-state index is 11.8. The van der Waals surface area contributed by atoms with E-state index >= 15 is 0 Å². The van der Waals surface area contributed by atoms with Crippen molar-refractivity contribution in [2.45, 2.75) is 19.4 Å². The molecule has 0 saturated carbocycles. The van der Waals surface area contributed by atoms with Crippen LogP contribution in [0.25, 0.3) is 11.4 Å². The molecule has 98 valence electrons. The lowest BCUT2D eigenvalue weighted by molar-refractivity contribution is -0.142. The number of rotatable bonds is 2. The summed E-state index contributed by atoms with van der Waals surface area (Å²) in [5.41, 5.74) is 0.249. The number of nitrogens with zero attached hydrogens (tertiary/aromatic N) is 3. The molecular formula is C12H12N4O3. The minimum Gasteiger partial charge on any atom is -0.481 e. The molecule has 3 heterocycles. The average Bonchev–Trinajstić information content (AvgIpc) is 2.82. The number of nitrogens with one attached hydrogen (secondary N) is 1. The van der Waals surface area contributed by atoms with E-state index in [1.54, 1.807) is 17.0 Å². The number of pyridine rings is 1. The lowest BCUT2D eigenvalue weighted by Gasteiger charge is -2.20. The summed E-state index contributed by atoms with van der Waals surface area (Å²) < 4.78 is 1.73. The number of H-pyrrole nitrogens is 1. The van der Waals surface area contributed by atoms with Crippen LogP contribution in [0.2, 0.25) is 0 Å². The fourth-order valence-corrected chi connectivity index (χ4v) is 2.32. The van der Waals surface area contributed by atoms with Crippen LogP contribution in [0, 0.1) is 5.92 Å². The number of fused-ring (bicyclic) bond motifs is 1. The van der Waals surface area contributed by atoms with Gasteiger partial charge in [-0.15, -0.1) is 10.2 Å². The predicted molar refractivity (Wildman–Crippen MR) is 65.5 cm³/mol. The van der Waals surface area contributed by atoms with Crippen LogP contribution in [0.15, 0.2) is 23.3 Å². The Bertz CT molecular complexity index is 688. The maximum absolute atomic E-state index is 11.8. The molecule has 1 unspecified atom stereocenters. The Morgan fingerprint density at radius 3 is 3.05 bits per heavy atom. The number of aliphatic carboxylic acids is 1. The van der Waals surface area contributed by atoms with Gasteiger partial charge in [0.25, 0.3) is 0 Å². The number of hydrogen-bond acceptors (Lipinski definition) is 4. The second-order valence-corrected chi connectivity index (χ2v) is 4.55. The minimum atomic E-state index is -0.827. The largest absolute Gasteiger partial charge is 0.481 e. The van der Waals surface area contributed by atoms with Crippen LogP contribution in [0.1, 0.15) is 12.2 Å². The minimum absolute atomic E-state index is 0.161. The van der Waals surface area contributed by atoms with E-state index in [1.807, 2.05) is 0 Å². The zero-order valence-corrected chi connectivity index (χ0v) is 10.0. The van der Waals surface area contributed by atoms with Crippen molar-refractivity contribution in [1.82, 2.24) is 19.7 Å². The molecule has 0 fully saturated rings. The molecule has 2 N–H and O–H groups in total. The Balaban J connectivity index is 2.07. The SMILES string of the molecule is O=C(O)C1CCc2nnc(-c3c[nH]ccc3=O)n2C1. The van der Waals surface area contributed by atoms with E-state index in [1.165, 1.54) is 6.07 Å². The van der Waals surface area contributed by atoms with Crippen LogP contribution in [0.3, 0.4) is 0 Å². The van der Waals surface area contributed by atoms with E-state index < -0.39 is 11.9 Å². The van der Waals surface area contributed by atoms with Crippen LogP contribution in [0.4, 0.5) is 0 Å². The Morgan fingerprint density at radius 2 is 2.32 bits per heavy atom. The van der Waals surface area contributed by atoms with Crippen molar-refractivity contribution in [1.29, 1.82) is 0 Å². The van der Waals surface area contributed by atoms with Crippen LogP contribution in [-0.2, 0) is 17.8 Å². The van der Waals surface area contributed by atoms with Crippen molar-refractivity contribution in [3.05, 3.63) is 34.5 Å². The number of aromatic nitrogens is 4. The number of aryl methyl sites for hydroxylation is 1. The highest BCUT2D eigenvalue weighted by Gasteiger charge is 2.28. The van der Waals surface area contributed by atoms with Crippen LogP contribution in [0.5, 0.6) is 0 Å². The van der Waals surface area contributed by atoms with E-state index in [0.717, 1.165) is 5.82 Å². The lowest BCUT2D eigenvalue weighted by Crippen LogP contribution is -2.27. The van der Waals surface area contributed by atoms with Gasteiger partial charge in [-0.2, -0.15) is 0 Å². The van der Waals surface area contributed by atoms with Crippen LogP contribution in [-0.4, -0.2) is 30.8 Å². The first kappa shape index (κ1) is 11.6. The fraction of sp³-hybridized carbons (Fsp3) is 0.333. The van der Waals surface area contributed by atoms with Gasteiger partial charge in [0.2, 0.25) is 0 Å². The van der Waals surface area contributed by atoms with Crippen molar-refractivity contribution in [3.8, 4) is 11.4 Å². The molecule has 7 nitrogen and oxygen atoms in total. The smallest absolute Gasteiger partial charge is 0.308 e. The topological polar surface area (TPSA) is 101 Å². The molecule has 3 rings (SSSR count). The second kappa shape index (κ2) is 4.34. The number of carboxylic acid groups (broad SMARTS) is 1. The number of carbonyl (C=O) groups is 1. The van der Waals surface area contributed by atoms with Gasteiger partial charge in [-0.1, -0.05) is 0 Å². The Labute approximate surface area is 107 Å². The third-order valence-corrected chi connectivity index (χ3v) is 3.36. The number of carboxylic acids is 1. The third-order valence-electron chi connectivity index (χ3n) is 3.36. The molecule has 1 aliphatic heterocycles. The summed E-state index contributed by atoms with van der Waals surface area (Å²) in [6, 6.07) is 1.41. The van der Waals surface area contributed by atoms with Gasteiger partial charge in [0.15, 0.2) is 11.3 Å². The summed E-state index contributed by atoms with van der Waals surface area (Å²) in [4.78, 5) is 25.7. The first-order chi connectivity index (χ1) is 9.16. The maximum Gasteiger partial charge on any atom is 0.308 e. The van der Waals surface area contributed by atoms with Gasteiger partial charge in [0.1, 0.15) is 5.82 Å². The van der Waals surface area contributed by atoms with Gasteiger partial charge in [-0.3, -0.25) is 9.59 Å². The number of hydrogen-bond donors (Lipinski definition) is 2. The summed E-state index contributed by atoms with van der Waals surface area (Å²) in [5, 5.41) is 17.2. The third kappa shape index (κ3) is 1.92. The van der Waals surface area contributed by atoms with Crippen LogP contribution >= 0.6 is 0 Å². The summed E-state index contributed by atoms with van der Waals surface area (Å²) in [7, 11) is 0. The van der Waals surface area contributed by atoms with E-state index in [2.05, 4.69) is 15.2 Å². The van der Waals surface area contributed by atoms with Gasteiger partial charge in [0, 0.05) is 31.4 Å². The Hall–Kier alpha value is -2.44. The van der Waals surface area contributed by atoms with Crippen molar-refractivity contribution >= 4 is 5.97 Å². The molecule has 0 saturated heterocycles. The van der Waals surface area contributed by atoms with Gasteiger partial charge in [-0.05, 0) is 6.42 Å². The predicted octanol–water partition coefficient (Wildman–Crippen LogP) is 0.280. The molecule has 1 atom stereocenters. The van der Waals surface area contributed by atoms with Gasteiger partial charge < -0.3 is 14.7 Å². The molecule has 0 amide bonds. The lowest BCUT2D eigenvalue weighted by atomic mass is 9.99. The molecule has 2 aromatic heterocycles. The van der Waals surface area contributed by atoms with E-state index in [0.29, 0.717) is 30.8 Å². The van der Waals surface area contributed by atoms with E-state index in [4.69, 9.17) is 5.11 Å². The summed E-state index contributed by atoms with van der Waals surface area (Å²) in [6.45, 7) is 0.307. The zero-order chi connectivity index (χ0) is 13.4. The van der Waals surface area contributed by atoms with Gasteiger partial charge >= 0.3 is 5.97 Å². The molecule has 0 radical (unpaired) electrons. The molecule has 19 heavy (non-hydrogen) atoms. The Kier molecular flexibility index (Phi) is 2.66. The van der Waals surface area contributed by atoms with Gasteiger partial charge in [0.05, 0.1) is 11.5 Å². The van der Waals surface area contributed by atoms with Crippen LogP contribution < -0.4 is 5.43 Å². The monoisotopic (exact) mass is 260 g/mol. The van der Waals surface area contributed by atoms with E-state index in [-0.39, 0.29) is 5.43 Å². The highest BCUT2D eigenvalue weighted by Crippen LogP contribution is 2.23. The standard InChI is InChI=1S/C12H12N4O3/c17-9-3-4-13-5-8(9)11-15-14-10-2-1-7(12(18)19)6-16(10)11/h3-5,7H,1-2,6H2,(H,13,17)(H,18,19). The highest BCUT2D eigenvalue weighted by atomic mass is 16.4. The molecule has 1 aliphatic rings. The highest BCUT2D eigenvalue weighted by molar-refractivity contribution is 5.70. The molecule has 0 aliphatic carbocycles. The van der Waals surface area contributed by atoms with Crippen molar-refractivity contribution < 1.29 is 9.90 Å².